The fourth-order valence-electron chi connectivity index (χ4n) is 2.47. The van der Waals surface area contributed by atoms with E-state index in [4.69, 9.17) is 4.74 Å². The molecule has 0 saturated heterocycles. The fourth-order valence-corrected chi connectivity index (χ4v) is 2.47. The Labute approximate surface area is 154 Å². The van der Waals surface area contributed by atoms with Crippen LogP contribution in [0.25, 0.3) is 0 Å². The van der Waals surface area contributed by atoms with E-state index >= 15 is 0 Å². The topological polar surface area (TPSA) is 104 Å². The summed E-state index contributed by atoms with van der Waals surface area (Å²) < 4.78 is 7.49. The predicted octanol–water partition coefficient (Wildman–Crippen LogP) is 0.191. The standard InChI is InChI=1S/C18H20N4O5/c1-4-10-20-16(24)21(11-5-2)18(26)22(17(20)25)12-15(23)19-13-8-6-7-9-14(13)27-3/h4-9H,1-2,10-12H2,3H3,(H,19,23). The molecule has 0 aliphatic heterocycles. The predicted molar refractivity (Wildman–Crippen MR) is 101 cm³/mol. The van der Waals surface area contributed by atoms with Crippen LogP contribution in [0.4, 0.5) is 5.69 Å². The Morgan fingerprint density at radius 3 is 2.04 bits per heavy atom. The van der Waals surface area contributed by atoms with Gasteiger partial charge in [0.15, 0.2) is 0 Å². The van der Waals surface area contributed by atoms with Crippen molar-refractivity contribution < 1.29 is 9.53 Å². The Bertz CT molecular complexity index is 997. The van der Waals surface area contributed by atoms with Crippen LogP contribution in [0.15, 0.2) is 64.0 Å². The Hall–Kier alpha value is -3.62. The zero-order valence-corrected chi connectivity index (χ0v) is 14.9. The van der Waals surface area contributed by atoms with Gasteiger partial charge in [0.25, 0.3) is 0 Å². The molecule has 0 aliphatic rings. The summed E-state index contributed by atoms with van der Waals surface area (Å²) in [6, 6.07) is 6.71. The number of nitrogens with zero attached hydrogens (tertiary/aromatic N) is 3. The monoisotopic (exact) mass is 372 g/mol. The van der Waals surface area contributed by atoms with E-state index in [1.165, 1.54) is 19.3 Å². The second-order valence-corrected chi connectivity index (χ2v) is 5.48. The molecular formula is C18H20N4O5. The third-order valence-corrected chi connectivity index (χ3v) is 3.69. The van der Waals surface area contributed by atoms with Crippen LogP contribution in [0.2, 0.25) is 0 Å². The highest BCUT2D eigenvalue weighted by Gasteiger charge is 2.17. The maximum atomic E-state index is 12.5. The van der Waals surface area contributed by atoms with Crippen molar-refractivity contribution >= 4 is 11.6 Å². The lowest BCUT2D eigenvalue weighted by Crippen LogP contribution is -2.55. The molecule has 9 nitrogen and oxygen atoms in total. The van der Waals surface area contributed by atoms with Crippen LogP contribution < -0.4 is 27.1 Å². The quantitative estimate of drug-likeness (QED) is 0.666. The highest BCUT2D eigenvalue weighted by Crippen LogP contribution is 2.22. The first-order valence-electron chi connectivity index (χ1n) is 8.03. The lowest BCUT2D eigenvalue weighted by molar-refractivity contribution is -0.116. The molecule has 0 radical (unpaired) electrons. The van der Waals surface area contributed by atoms with Gasteiger partial charge in [-0.2, -0.15) is 0 Å². The third-order valence-electron chi connectivity index (χ3n) is 3.69. The van der Waals surface area contributed by atoms with Gasteiger partial charge in [-0.05, 0) is 12.1 Å². The number of para-hydroxylation sites is 2. The lowest BCUT2D eigenvalue weighted by atomic mass is 10.3. The summed E-state index contributed by atoms with van der Waals surface area (Å²) in [5.74, 6) is -0.188. The first kappa shape index (κ1) is 19.7. The molecule has 0 spiro atoms. The van der Waals surface area contributed by atoms with Crippen molar-refractivity contribution in [3.8, 4) is 5.75 Å². The Balaban J connectivity index is 2.45. The van der Waals surface area contributed by atoms with Gasteiger partial charge in [-0.3, -0.25) is 4.79 Å². The molecule has 0 atom stereocenters. The van der Waals surface area contributed by atoms with Crippen molar-refractivity contribution in [2.24, 2.45) is 0 Å². The number of aromatic nitrogens is 3. The zero-order chi connectivity index (χ0) is 20.0. The summed E-state index contributed by atoms with van der Waals surface area (Å²) in [6.45, 7) is 6.23. The van der Waals surface area contributed by atoms with Gasteiger partial charge in [0.1, 0.15) is 12.3 Å². The molecule has 1 aromatic carbocycles. The number of anilines is 1. The minimum absolute atomic E-state index is 0.0940. The number of carbonyl (C=O) groups excluding carboxylic acids is 1. The second-order valence-electron chi connectivity index (χ2n) is 5.48. The van der Waals surface area contributed by atoms with Gasteiger partial charge in [0, 0.05) is 0 Å². The largest absolute Gasteiger partial charge is 0.495 e. The van der Waals surface area contributed by atoms with Gasteiger partial charge in [0.2, 0.25) is 5.91 Å². The summed E-state index contributed by atoms with van der Waals surface area (Å²) in [5.41, 5.74) is -2.17. The summed E-state index contributed by atoms with van der Waals surface area (Å²) in [5, 5.41) is 2.58. The molecule has 2 rings (SSSR count). The van der Waals surface area contributed by atoms with Gasteiger partial charge in [-0.25, -0.2) is 28.1 Å². The number of nitrogens with one attached hydrogen (secondary N) is 1. The van der Waals surface area contributed by atoms with Gasteiger partial charge < -0.3 is 10.1 Å². The van der Waals surface area contributed by atoms with E-state index in [1.54, 1.807) is 24.3 Å². The van der Waals surface area contributed by atoms with Crippen LogP contribution in [0.3, 0.4) is 0 Å². The first-order valence-corrected chi connectivity index (χ1v) is 8.03. The van der Waals surface area contributed by atoms with Gasteiger partial charge in [0.05, 0.1) is 25.9 Å². The normalized spacial score (nSPS) is 10.3. The molecule has 1 aromatic heterocycles. The van der Waals surface area contributed by atoms with Gasteiger partial charge in [-0.1, -0.05) is 24.3 Å². The van der Waals surface area contributed by atoms with E-state index in [0.717, 1.165) is 9.13 Å². The number of ether oxygens (including phenoxy) is 1. The van der Waals surface area contributed by atoms with E-state index in [9.17, 15) is 19.2 Å². The van der Waals surface area contributed by atoms with E-state index in [-0.39, 0.29) is 13.1 Å². The average Bonchev–Trinajstić information content (AvgIpc) is 2.66. The third kappa shape index (κ3) is 4.14. The minimum atomic E-state index is -0.889. The zero-order valence-electron chi connectivity index (χ0n) is 14.9. The Kier molecular flexibility index (Phi) is 6.32. The van der Waals surface area contributed by atoms with Crippen molar-refractivity contribution in [2.75, 3.05) is 12.4 Å². The number of methoxy groups -OCH3 is 1. The van der Waals surface area contributed by atoms with Crippen molar-refractivity contribution in [1.82, 2.24) is 13.7 Å². The number of hydrogen-bond acceptors (Lipinski definition) is 5. The lowest BCUT2D eigenvalue weighted by Gasteiger charge is -2.13. The number of benzene rings is 1. The molecule has 1 N–H and O–H groups in total. The summed E-state index contributed by atoms with van der Waals surface area (Å²) in [7, 11) is 1.45. The summed E-state index contributed by atoms with van der Waals surface area (Å²) in [4.78, 5) is 49.7. The molecule has 0 unspecified atom stereocenters. The summed E-state index contributed by atoms with van der Waals surface area (Å²) in [6.07, 6.45) is 2.70. The fraction of sp³-hybridized carbons (Fsp3) is 0.222. The molecule has 0 saturated carbocycles. The highest BCUT2D eigenvalue weighted by atomic mass is 16.5. The number of hydrogen-bond donors (Lipinski definition) is 1. The van der Waals surface area contributed by atoms with E-state index in [2.05, 4.69) is 18.5 Å². The number of allylic oxidation sites excluding steroid dienone is 2. The Morgan fingerprint density at radius 1 is 1.00 bits per heavy atom. The number of rotatable bonds is 8. The van der Waals surface area contributed by atoms with Crippen LogP contribution >= 0.6 is 0 Å². The Morgan fingerprint density at radius 2 is 1.52 bits per heavy atom. The van der Waals surface area contributed by atoms with Crippen molar-refractivity contribution in [3.05, 3.63) is 81.0 Å². The first-order chi connectivity index (χ1) is 12.9. The van der Waals surface area contributed by atoms with Gasteiger partial charge in [-0.15, -0.1) is 13.2 Å². The van der Waals surface area contributed by atoms with E-state index in [1.807, 2.05) is 0 Å². The van der Waals surface area contributed by atoms with Crippen LogP contribution in [-0.2, 0) is 24.4 Å². The second kappa shape index (κ2) is 8.65. The molecule has 142 valence electrons. The molecule has 2 aromatic rings. The SMILES string of the molecule is C=CCn1c(=O)n(CC=C)c(=O)n(CC(=O)Nc2ccccc2OC)c1=O. The average molecular weight is 372 g/mol. The van der Waals surface area contributed by atoms with Gasteiger partial charge >= 0.3 is 17.1 Å². The van der Waals surface area contributed by atoms with E-state index in [0.29, 0.717) is 16.0 Å². The van der Waals surface area contributed by atoms with Crippen LogP contribution in [-0.4, -0.2) is 26.7 Å². The molecule has 0 fully saturated rings. The van der Waals surface area contributed by atoms with E-state index < -0.39 is 29.5 Å². The van der Waals surface area contributed by atoms with Crippen LogP contribution in [0.1, 0.15) is 0 Å². The maximum Gasteiger partial charge on any atom is 0.337 e. The number of amides is 1. The van der Waals surface area contributed by atoms with Crippen molar-refractivity contribution in [3.63, 3.8) is 0 Å². The molecule has 9 heteroatoms. The molecule has 27 heavy (non-hydrogen) atoms. The van der Waals surface area contributed by atoms with Crippen LogP contribution in [0, 0.1) is 0 Å². The minimum Gasteiger partial charge on any atom is -0.495 e. The summed E-state index contributed by atoms with van der Waals surface area (Å²) >= 11 is 0. The molecule has 1 heterocycles. The van der Waals surface area contributed by atoms with Crippen molar-refractivity contribution in [1.29, 1.82) is 0 Å². The number of carbonyl (C=O) groups is 1. The molecular weight excluding hydrogens is 352 g/mol. The van der Waals surface area contributed by atoms with Crippen molar-refractivity contribution in [2.45, 2.75) is 19.6 Å². The maximum absolute atomic E-state index is 12.5. The molecule has 1 amide bonds. The highest BCUT2D eigenvalue weighted by molar-refractivity contribution is 5.92. The smallest absolute Gasteiger partial charge is 0.337 e. The molecule has 0 bridgehead atoms. The molecule has 0 aliphatic carbocycles. The van der Waals surface area contributed by atoms with Crippen LogP contribution in [0.5, 0.6) is 5.75 Å².